The average molecular weight is 381 g/mol. The molecule has 0 aliphatic carbocycles. The second-order valence-electron chi connectivity index (χ2n) is 6.68. The van der Waals surface area contributed by atoms with Crippen molar-refractivity contribution in [3.05, 3.63) is 65.7 Å². The summed E-state index contributed by atoms with van der Waals surface area (Å²) in [5.41, 5.74) is 1.63. The molecule has 1 N–H and O–H groups in total. The van der Waals surface area contributed by atoms with Gasteiger partial charge in [-0.05, 0) is 47.9 Å². The van der Waals surface area contributed by atoms with Crippen LogP contribution in [0.2, 0.25) is 5.02 Å². The molecule has 138 valence electrons. The second kappa shape index (κ2) is 7.89. The average Bonchev–Trinajstić information content (AvgIpc) is 3.20. The van der Waals surface area contributed by atoms with Gasteiger partial charge in [0.2, 0.25) is 0 Å². The van der Waals surface area contributed by atoms with Gasteiger partial charge >= 0.3 is 0 Å². The molecule has 1 saturated heterocycles. The lowest BCUT2D eigenvalue weighted by Crippen LogP contribution is -2.24. The summed E-state index contributed by atoms with van der Waals surface area (Å²) in [5, 5.41) is 5.83. The van der Waals surface area contributed by atoms with Gasteiger partial charge in [0, 0.05) is 13.1 Å². The molecule has 0 bridgehead atoms. The molecule has 1 aliphatic rings. The summed E-state index contributed by atoms with van der Waals surface area (Å²) in [5.74, 6) is 0.473. The van der Waals surface area contributed by atoms with Crippen LogP contribution >= 0.6 is 11.6 Å². The van der Waals surface area contributed by atoms with Gasteiger partial charge in [-0.1, -0.05) is 48.0 Å². The molecule has 0 saturated carbocycles. The predicted octanol–water partition coefficient (Wildman–Crippen LogP) is 5.11. The van der Waals surface area contributed by atoms with Crippen molar-refractivity contribution in [2.45, 2.75) is 12.8 Å². The second-order valence-corrected chi connectivity index (χ2v) is 7.08. The molecule has 4 nitrogen and oxygen atoms in total. The summed E-state index contributed by atoms with van der Waals surface area (Å²) >= 11 is 6.40. The van der Waals surface area contributed by atoms with E-state index in [4.69, 9.17) is 16.3 Å². The van der Waals surface area contributed by atoms with E-state index in [2.05, 4.69) is 10.2 Å². The number of nitrogens with zero attached hydrogens (tertiary/aromatic N) is 1. The molecule has 0 aromatic heterocycles. The predicted molar refractivity (Wildman–Crippen MR) is 111 cm³/mol. The van der Waals surface area contributed by atoms with Crippen LogP contribution in [0.1, 0.15) is 12.8 Å². The molecular weight excluding hydrogens is 360 g/mol. The van der Waals surface area contributed by atoms with Crippen LogP contribution in [-0.4, -0.2) is 25.6 Å². The molecule has 1 amide bonds. The van der Waals surface area contributed by atoms with E-state index in [1.54, 1.807) is 0 Å². The Balaban J connectivity index is 1.44. The highest BCUT2D eigenvalue weighted by Gasteiger charge is 2.19. The van der Waals surface area contributed by atoms with Crippen LogP contribution < -0.4 is 15.0 Å². The summed E-state index contributed by atoms with van der Waals surface area (Å²) in [6.07, 6.45) is 2.29. The number of anilines is 2. The quantitative estimate of drug-likeness (QED) is 0.668. The molecule has 27 heavy (non-hydrogen) atoms. The first-order valence-electron chi connectivity index (χ1n) is 9.15. The van der Waals surface area contributed by atoms with Crippen LogP contribution in [0.5, 0.6) is 5.75 Å². The molecule has 3 aromatic carbocycles. The number of hydrogen-bond acceptors (Lipinski definition) is 3. The van der Waals surface area contributed by atoms with Gasteiger partial charge < -0.3 is 15.0 Å². The molecule has 3 aromatic rings. The highest BCUT2D eigenvalue weighted by Crippen LogP contribution is 2.35. The minimum Gasteiger partial charge on any atom is -0.484 e. The molecule has 5 heteroatoms. The van der Waals surface area contributed by atoms with Gasteiger partial charge in [0.05, 0.1) is 16.4 Å². The van der Waals surface area contributed by atoms with Crippen LogP contribution in [0.25, 0.3) is 10.8 Å². The number of ether oxygens (including phenoxy) is 1. The first-order chi connectivity index (χ1) is 13.2. The summed E-state index contributed by atoms with van der Waals surface area (Å²) < 4.78 is 5.69. The lowest BCUT2D eigenvalue weighted by molar-refractivity contribution is -0.118. The SMILES string of the molecule is O=C(COc1ccc2ccccc2c1)Nc1cccc(Cl)c1N1CCCC1. The molecule has 4 rings (SSSR count). The molecule has 1 aliphatic heterocycles. The maximum Gasteiger partial charge on any atom is 0.262 e. The summed E-state index contributed by atoms with van der Waals surface area (Å²) in [6, 6.07) is 19.5. The molecule has 0 radical (unpaired) electrons. The van der Waals surface area contributed by atoms with Crippen LogP contribution in [-0.2, 0) is 4.79 Å². The third-order valence-electron chi connectivity index (χ3n) is 4.77. The molecule has 1 fully saturated rings. The van der Waals surface area contributed by atoms with E-state index in [-0.39, 0.29) is 12.5 Å². The molecule has 1 heterocycles. The van der Waals surface area contributed by atoms with Gasteiger partial charge in [0.15, 0.2) is 6.61 Å². The Hall–Kier alpha value is -2.72. The van der Waals surface area contributed by atoms with Gasteiger partial charge in [-0.3, -0.25) is 4.79 Å². The Bertz CT molecular complexity index is 967. The lowest BCUT2D eigenvalue weighted by Gasteiger charge is -2.23. The number of amides is 1. The minimum atomic E-state index is -0.203. The van der Waals surface area contributed by atoms with E-state index in [0.717, 1.165) is 48.1 Å². The molecule has 0 spiro atoms. The van der Waals surface area contributed by atoms with Crippen LogP contribution in [0.4, 0.5) is 11.4 Å². The molecule has 0 unspecified atom stereocenters. The number of rotatable bonds is 5. The van der Waals surface area contributed by atoms with Gasteiger partial charge in [-0.2, -0.15) is 0 Å². The van der Waals surface area contributed by atoms with Crippen LogP contribution in [0.3, 0.4) is 0 Å². The largest absolute Gasteiger partial charge is 0.484 e. The fraction of sp³-hybridized carbons (Fsp3) is 0.227. The molecule has 0 atom stereocenters. The number of halogens is 1. The third-order valence-corrected chi connectivity index (χ3v) is 5.08. The normalized spacial score (nSPS) is 13.7. The number of fused-ring (bicyclic) bond motifs is 1. The summed E-state index contributed by atoms with van der Waals surface area (Å²) in [4.78, 5) is 14.7. The van der Waals surface area contributed by atoms with Crippen molar-refractivity contribution in [3.8, 4) is 5.75 Å². The Kier molecular flexibility index (Phi) is 5.16. The highest BCUT2D eigenvalue weighted by molar-refractivity contribution is 6.34. The zero-order chi connectivity index (χ0) is 18.6. The standard InChI is InChI=1S/C22H21ClN2O2/c23-19-8-5-9-20(22(19)25-12-3-4-13-25)24-21(26)15-27-18-11-10-16-6-1-2-7-17(16)14-18/h1-2,5-11,14H,3-4,12-13,15H2,(H,24,26). The zero-order valence-electron chi connectivity index (χ0n) is 15.0. The Labute approximate surface area is 163 Å². The van der Waals surface area contributed by atoms with Crippen LogP contribution in [0.15, 0.2) is 60.7 Å². The highest BCUT2D eigenvalue weighted by atomic mass is 35.5. The van der Waals surface area contributed by atoms with Gasteiger partial charge in [-0.25, -0.2) is 0 Å². The maximum atomic E-state index is 12.4. The Morgan fingerprint density at radius 3 is 2.59 bits per heavy atom. The van der Waals surface area contributed by atoms with Crippen molar-refractivity contribution in [1.82, 2.24) is 0 Å². The van der Waals surface area contributed by atoms with Crippen molar-refractivity contribution in [2.75, 3.05) is 29.9 Å². The monoisotopic (exact) mass is 380 g/mol. The number of para-hydroxylation sites is 1. The number of benzene rings is 3. The van der Waals surface area contributed by atoms with E-state index in [1.807, 2.05) is 60.7 Å². The smallest absolute Gasteiger partial charge is 0.262 e. The van der Waals surface area contributed by atoms with E-state index >= 15 is 0 Å². The number of hydrogen-bond donors (Lipinski definition) is 1. The van der Waals surface area contributed by atoms with Gasteiger partial charge in [0.25, 0.3) is 5.91 Å². The summed E-state index contributed by atoms with van der Waals surface area (Å²) in [7, 11) is 0. The zero-order valence-corrected chi connectivity index (χ0v) is 15.7. The number of carbonyl (C=O) groups is 1. The Morgan fingerprint density at radius 1 is 1.00 bits per heavy atom. The fourth-order valence-corrected chi connectivity index (χ4v) is 3.76. The minimum absolute atomic E-state index is 0.0513. The van der Waals surface area contributed by atoms with E-state index in [0.29, 0.717) is 10.8 Å². The van der Waals surface area contributed by atoms with E-state index < -0.39 is 0 Å². The number of nitrogens with one attached hydrogen (secondary N) is 1. The van der Waals surface area contributed by atoms with Crippen LogP contribution in [0, 0.1) is 0 Å². The van der Waals surface area contributed by atoms with Crippen molar-refractivity contribution < 1.29 is 9.53 Å². The maximum absolute atomic E-state index is 12.4. The van der Waals surface area contributed by atoms with Gasteiger partial charge in [0.1, 0.15) is 5.75 Å². The van der Waals surface area contributed by atoms with E-state index in [9.17, 15) is 4.79 Å². The first-order valence-corrected chi connectivity index (χ1v) is 9.53. The van der Waals surface area contributed by atoms with Crippen molar-refractivity contribution in [3.63, 3.8) is 0 Å². The Morgan fingerprint density at radius 2 is 1.78 bits per heavy atom. The topological polar surface area (TPSA) is 41.6 Å². The molecular formula is C22H21ClN2O2. The number of carbonyl (C=O) groups excluding carboxylic acids is 1. The van der Waals surface area contributed by atoms with E-state index in [1.165, 1.54) is 0 Å². The lowest BCUT2D eigenvalue weighted by atomic mass is 10.1. The van der Waals surface area contributed by atoms with Crippen molar-refractivity contribution in [1.29, 1.82) is 0 Å². The fourth-order valence-electron chi connectivity index (χ4n) is 3.47. The summed E-state index contributed by atoms with van der Waals surface area (Å²) in [6.45, 7) is 1.87. The van der Waals surface area contributed by atoms with Crippen molar-refractivity contribution >= 4 is 39.7 Å². The first kappa shape index (κ1) is 17.7. The van der Waals surface area contributed by atoms with Crippen molar-refractivity contribution in [2.24, 2.45) is 0 Å². The third kappa shape index (κ3) is 4.01. The van der Waals surface area contributed by atoms with Gasteiger partial charge in [-0.15, -0.1) is 0 Å².